The van der Waals surface area contributed by atoms with E-state index >= 15 is 0 Å². The van der Waals surface area contributed by atoms with E-state index in [1.54, 1.807) is 13.2 Å². The second-order valence-corrected chi connectivity index (χ2v) is 13.8. The quantitative estimate of drug-likeness (QED) is 0.371. The summed E-state index contributed by atoms with van der Waals surface area (Å²) in [6, 6.07) is 8.29. The molecule has 2 fully saturated rings. The predicted octanol–water partition coefficient (Wildman–Crippen LogP) is 4.16. The molecule has 0 bridgehead atoms. The number of hydrogen-bond acceptors (Lipinski definition) is 11. The first-order valence-electron chi connectivity index (χ1n) is 16.2. The molecular weight excluding hydrogens is 570 g/mol. The van der Waals surface area contributed by atoms with Gasteiger partial charge in [-0.25, -0.2) is 0 Å². The molecule has 7 rings (SSSR count). The van der Waals surface area contributed by atoms with Crippen molar-refractivity contribution in [3.8, 4) is 29.3 Å². The van der Waals surface area contributed by atoms with E-state index in [4.69, 9.17) is 34.4 Å². The molecule has 45 heavy (non-hydrogen) atoms. The third-order valence-corrected chi connectivity index (χ3v) is 10.7. The van der Waals surface area contributed by atoms with E-state index in [9.17, 15) is 5.26 Å². The van der Waals surface area contributed by atoms with Crippen molar-refractivity contribution in [1.29, 1.82) is 5.26 Å². The number of nitriles is 1. The Kier molecular flexibility index (Phi) is 7.50. The summed E-state index contributed by atoms with van der Waals surface area (Å²) in [5.41, 5.74) is 10.5. The fourth-order valence-electron chi connectivity index (χ4n) is 8.02. The molecule has 11 nitrogen and oxygen atoms in total. The second kappa shape index (κ2) is 11.3. The molecule has 2 aliphatic heterocycles. The second-order valence-electron chi connectivity index (χ2n) is 13.8. The number of fused-ring (bicyclic) bond motifs is 4. The van der Waals surface area contributed by atoms with Crippen LogP contribution in [0.25, 0.3) is 11.5 Å². The van der Waals surface area contributed by atoms with Crippen LogP contribution in [0.5, 0.6) is 11.8 Å². The molecule has 11 heteroatoms. The van der Waals surface area contributed by atoms with Gasteiger partial charge in [-0.2, -0.15) is 15.2 Å². The van der Waals surface area contributed by atoms with Crippen molar-refractivity contribution in [3.05, 3.63) is 46.2 Å². The number of nitrogens with one attached hydrogen (secondary N) is 1. The van der Waals surface area contributed by atoms with Gasteiger partial charge < -0.3 is 29.8 Å². The highest BCUT2D eigenvalue weighted by atomic mass is 16.5. The normalized spacial score (nSPS) is 27.7. The van der Waals surface area contributed by atoms with Crippen molar-refractivity contribution < 1.29 is 18.7 Å². The average molecular weight is 614 g/mol. The van der Waals surface area contributed by atoms with Crippen LogP contribution in [0.2, 0.25) is 0 Å². The smallest absolute Gasteiger partial charge is 0.221 e. The molecule has 1 spiro atoms. The zero-order chi connectivity index (χ0) is 31.5. The first-order valence-corrected chi connectivity index (χ1v) is 16.2. The Morgan fingerprint density at radius 2 is 1.96 bits per heavy atom. The fourth-order valence-corrected chi connectivity index (χ4v) is 8.02. The first kappa shape index (κ1) is 30.0. The maximum atomic E-state index is 10.2. The minimum Gasteiger partial charge on any atom is -0.473 e. The van der Waals surface area contributed by atoms with Gasteiger partial charge in [0.2, 0.25) is 11.8 Å². The Bertz CT molecular complexity index is 1640. The Morgan fingerprint density at radius 3 is 2.64 bits per heavy atom. The fraction of sp³-hybridized carbons (Fsp3) is 0.588. The lowest BCUT2D eigenvalue weighted by molar-refractivity contribution is 0.0261. The lowest BCUT2D eigenvalue weighted by atomic mass is 9.61. The van der Waals surface area contributed by atoms with Crippen molar-refractivity contribution in [2.75, 3.05) is 33.0 Å². The maximum absolute atomic E-state index is 10.2. The summed E-state index contributed by atoms with van der Waals surface area (Å²) in [6.07, 6.45) is 6.23. The van der Waals surface area contributed by atoms with Gasteiger partial charge in [0.05, 0.1) is 28.7 Å². The van der Waals surface area contributed by atoms with E-state index < -0.39 is 5.41 Å². The highest BCUT2D eigenvalue weighted by Gasteiger charge is 2.48. The summed E-state index contributed by atoms with van der Waals surface area (Å²) in [7, 11) is 3.86. The number of rotatable bonds is 7. The van der Waals surface area contributed by atoms with Gasteiger partial charge in [0.1, 0.15) is 18.3 Å². The van der Waals surface area contributed by atoms with Crippen LogP contribution in [0, 0.1) is 11.3 Å². The van der Waals surface area contributed by atoms with E-state index in [1.807, 2.05) is 6.07 Å². The molecule has 2 saturated heterocycles. The minimum absolute atomic E-state index is 0.0444. The zero-order valence-corrected chi connectivity index (χ0v) is 26.9. The van der Waals surface area contributed by atoms with Gasteiger partial charge in [-0.05, 0) is 90.0 Å². The number of ether oxygens (including phenoxy) is 3. The monoisotopic (exact) mass is 613 g/mol. The summed E-state index contributed by atoms with van der Waals surface area (Å²) in [5, 5.41) is 18.2. The van der Waals surface area contributed by atoms with Crippen LogP contribution in [0.3, 0.4) is 0 Å². The average Bonchev–Trinajstić information content (AvgIpc) is 3.64. The third-order valence-electron chi connectivity index (χ3n) is 10.7. The molecule has 3 N–H and O–H groups in total. The molecule has 0 radical (unpaired) electrons. The third kappa shape index (κ3) is 5.03. The topological polar surface area (TPSA) is 145 Å². The predicted molar refractivity (Wildman–Crippen MR) is 168 cm³/mol. The van der Waals surface area contributed by atoms with Crippen LogP contribution in [-0.2, 0) is 23.0 Å². The molecule has 3 aromatic rings. The summed E-state index contributed by atoms with van der Waals surface area (Å²) < 4.78 is 24.8. The van der Waals surface area contributed by atoms with E-state index in [1.165, 1.54) is 5.56 Å². The molecule has 5 atom stereocenters. The number of anilines is 1. The van der Waals surface area contributed by atoms with Crippen LogP contribution in [-0.4, -0.2) is 77.2 Å². The van der Waals surface area contributed by atoms with Gasteiger partial charge in [0.15, 0.2) is 17.3 Å². The molecule has 0 saturated carbocycles. The summed E-state index contributed by atoms with van der Waals surface area (Å²) >= 11 is 0. The van der Waals surface area contributed by atoms with Crippen LogP contribution in [0.15, 0.2) is 22.7 Å². The molecule has 0 amide bonds. The minimum atomic E-state index is -0.457. The van der Waals surface area contributed by atoms with Gasteiger partial charge >= 0.3 is 0 Å². The van der Waals surface area contributed by atoms with Crippen molar-refractivity contribution in [1.82, 2.24) is 25.3 Å². The number of hydrogen-bond donors (Lipinski definition) is 2. The SMILES string of the molecule is CO[C@@H]1C[C@@H]([C@H](C)Oc2cc(O[C@@H]3CNC3(C)C)nc(-c3noc4c3CCC[C@@]43CCCc4ccc(N)c(C#N)c43)n2)N(C)C1. The standard InChI is InChI=1S/C34H43N7O4/c1-19(25-14-21(42-5)18-41(25)4)43-27-15-28(44-26-17-37-33(26,2)3)39-32(38-27)30-22-9-7-13-34(31(22)45-40-30)12-6-8-20-10-11-24(36)23(16-35)29(20)34/h10-11,15,19,21,25-26,37H,6-9,12-14,17-18,36H2,1-5H3/t19-,21+,25-,26+,34+/m0/s1. The highest BCUT2D eigenvalue weighted by Crippen LogP contribution is 2.53. The number of nitrogen functional groups attached to an aromatic ring is 1. The number of methoxy groups -OCH3 is 1. The Balaban J connectivity index is 1.28. The number of nitrogens with two attached hydrogens (primary N) is 1. The number of likely N-dealkylation sites (N-methyl/N-ethyl adjacent to an activating group) is 1. The zero-order valence-electron chi connectivity index (χ0n) is 26.9. The Labute approximate surface area is 264 Å². The lowest BCUT2D eigenvalue weighted by Crippen LogP contribution is -2.67. The van der Waals surface area contributed by atoms with Gasteiger partial charge in [-0.3, -0.25) is 4.90 Å². The van der Waals surface area contributed by atoms with E-state index in [0.29, 0.717) is 34.5 Å². The molecule has 2 aliphatic carbocycles. The first-order chi connectivity index (χ1) is 21.6. The number of likely N-dealkylation sites (tertiary alicyclic amines) is 1. The molecular formula is C34H43N7O4. The molecule has 4 aliphatic rings. The molecule has 0 unspecified atom stereocenters. The number of nitrogens with zero attached hydrogens (tertiary/aromatic N) is 5. The van der Waals surface area contributed by atoms with Crippen molar-refractivity contribution in [2.45, 2.75) is 101 Å². The van der Waals surface area contributed by atoms with Crippen molar-refractivity contribution in [2.24, 2.45) is 0 Å². The summed E-state index contributed by atoms with van der Waals surface area (Å²) in [4.78, 5) is 12.1. The van der Waals surface area contributed by atoms with Gasteiger partial charge in [-0.1, -0.05) is 11.2 Å². The molecule has 4 heterocycles. The Hall–Kier alpha value is -3.72. The Morgan fingerprint density at radius 1 is 1.18 bits per heavy atom. The van der Waals surface area contributed by atoms with Crippen molar-refractivity contribution in [3.63, 3.8) is 0 Å². The van der Waals surface area contributed by atoms with Crippen LogP contribution in [0.1, 0.15) is 80.9 Å². The highest BCUT2D eigenvalue weighted by molar-refractivity contribution is 5.67. The largest absolute Gasteiger partial charge is 0.473 e. The van der Waals surface area contributed by atoms with Gasteiger partial charge in [0, 0.05) is 37.5 Å². The van der Waals surface area contributed by atoms with Crippen molar-refractivity contribution >= 4 is 5.69 Å². The molecule has 238 valence electrons. The summed E-state index contributed by atoms with van der Waals surface area (Å²) in [6.45, 7) is 7.89. The van der Waals surface area contributed by atoms with Gasteiger partial charge in [-0.15, -0.1) is 0 Å². The van der Waals surface area contributed by atoms with E-state index in [2.05, 4.69) is 55.3 Å². The van der Waals surface area contributed by atoms with Crippen LogP contribution >= 0.6 is 0 Å². The van der Waals surface area contributed by atoms with Crippen LogP contribution in [0.4, 0.5) is 5.69 Å². The van der Waals surface area contributed by atoms with Gasteiger partial charge in [0.25, 0.3) is 0 Å². The molecule has 2 aromatic heterocycles. The maximum Gasteiger partial charge on any atom is 0.221 e. The number of benzene rings is 1. The number of aryl methyl sites for hydroxylation is 1. The molecule has 1 aromatic carbocycles. The van der Waals surface area contributed by atoms with Crippen LogP contribution < -0.4 is 20.5 Å². The summed E-state index contributed by atoms with van der Waals surface area (Å²) in [5.74, 6) is 2.10. The number of aromatic nitrogens is 3. The van der Waals surface area contributed by atoms with E-state index in [0.717, 1.165) is 74.9 Å². The lowest BCUT2D eigenvalue weighted by Gasteiger charge is -2.44. The van der Waals surface area contributed by atoms with E-state index in [-0.39, 0.29) is 29.9 Å².